The topological polar surface area (TPSA) is 68.2 Å². The van der Waals surface area contributed by atoms with Crippen molar-refractivity contribution in [2.45, 2.75) is 44.5 Å². The molecule has 6 heteroatoms. The van der Waals surface area contributed by atoms with E-state index in [1.54, 1.807) is 14.2 Å². The lowest BCUT2D eigenvalue weighted by molar-refractivity contribution is -0.113. The fourth-order valence-electron chi connectivity index (χ4n) is 3.34. The molecule has 0 amide bonds. The van der Waals surface area contributed by atoms with Gasteiger partial charge in [0.15, 0.2) is 0 Å². The first-order chi connectivity index (χ1) is 14.0. The summed E-state index contributed by atoms with van der Waals surface area (Å²) in [6.07, 6.45) is 0.690. The van der Waals surface area contributed by atoms with Gasteiger partial charge < -0.3 is 24.4 Å². The van der Waals surface area contributed by atoms with Crippen LogP contribution in [-0.4, -0.2) is 49.9 Å². The molecule has 2 aromatic carbocycles. The van der Waals surface area contributed by atoms with E-state index in [4.69, 9.17) is 21.1 Å². The minimum atomic E-state index is -0.462. The fraction of sp³-hybridized carbons (Fsp3) is 0.478. The summed E-state index contributed by atoms with van der Waals surface area (Å²) in [7, 11) is 3.25. The van der Waals surface area contributed by atoms with Gasteiger partial charge in [-0.3, -0.25) is 0 Å². The molecule has 0 saturated carbocycles. The van der Waals surface area contributed by atoms with E-state index in [0.717, 1.165) is 22.4 Å². The molecule has 3 rings (SSSR count). The lowest BCUT2D eigenvalue weighted by atomic mass is 9.94. The standard InChI is InChI=1S/C21H25ClO4.C2H6O/c1-2-25-18-6-3-14(4-7-18)9-16-10-15(5-8-20(16)22)21-12-17(24)11-19(13-23)26-21;1-3-2/h3-8,10,17,19,21,23-24H,2,9,11-13H2,1H3;1-2H3/t17?,19-,21+;/m0./s1. The molecule has 3 atom stereocenters. The molecule has 29 heavy (non-hydrogen) atoms. The van der Waals surface area contributed by atoms with E-state index in [-0.39, 0.29) is 18.8 Å². The lowest BCUT2D eigenvalue weighted by Gasteiger charge is -2.32. The highest BCUT2D eigenvalue weighted by Gasteiger charge is 2.29. The number of aliphatic hydroxyl groups excluding tert-OH is 2. The molecule has 1 aliphatic rings. The number of aliphatic hydroxyl groups is 2. The van der Waals surface area contributed by atoms with E-state index in [1.165, 1.54) is 0 Å². The third-order valence-electron chi connectivity index (χ3n) is 4.65. The summed E-state index contributed by atoms with van der Waals surface area (Å²) in [5.41, 5.74) is 3.13. The molecule has 2 aromatic rings. The average Bonchev–Trinajstić information content (AvgIpc) is 2.71. The molecule has 1 fully saturated rings. The van der Waals surface area contributed by atoms with Gasteiger partial charge in [0.1, 0.15) is 5.75 Å². The molecule has 0 bridgehead atoms. The van der Waals surface area contributed by atoms with Crippen molar-refractivity contribution >= 4 is 11.6 Å². The molecular weight excluding hydrogens is 392 g/mol. The zero-order valence-corrected chi connectivity index (χ0v) is 18.1. The van der Waals surface area contributed by atoms with Crippen molar-refractivity contribution in [2.75, 3.05) is 27.4 Å². The van der Waals surface area contributed by atoms with Gasteiger partial charge in [0.25, 0.3) is 0 Å². The van der Waals surface area contributed by atoms with Crippen LogP contribution in [0.4, 0.5) is 0 Å². The van der Waals surface area contributed by atoms with E-state index in [2.05, 4.69) is 4.74 Å². The van der Waals surface area contributed by atoms with Crippen LogP contribution in [0.2, 0.25) is 5.02 Å². The van der Waals surface area contributed by atoms with Crippen molar-refractivity contribution < 1.29 is 24.4 Å². The fourth-order valence-corrected chi connectivity index (χ4v) is 3.53. The molecule has 5 nitrogen and oxygen atoms in total. The number of rotatable bonds is 6. The number of hydrogen-bond acceptors (Lipinski definition) is 5. The second-order valence-corrected chi connectivity index (χ2v) is 7.47. The predicted octanol–water partition coefficient (Wildman–Crippen LogP) is 4.17. The Morgan fingerprint density at radius 3 is 2.41 bits per heavy atom. The normalized spacial score (nSPS) is 21.2. The molecule has 0 aliphatic carbocycles. The molecule has 160 valence electrons. The SMILES string of the molecule is CCOc1ccc(Cc2cc([C@H]3CC(O)C[C@@H](CO)O3)ccc2Cl)cc1.COC. The molecule has 1 heterocycles. The Morgan fingerprint density at radius 1 is 1.10 bits per heavy atom. The van der Waals surface area contributed by atoms with Crippen LogP contribution in [0.1, 0.15) is 42.6 Å². The zero-order chi connectivity index (χ0) is 21.2. The first kappa shape index (κ1) is 23.6. The Labute approximate surface area is 178 Å². The highest BCUT2D eigenvalue weighted by molar-refractivity contribution is 6.31. The van der Waals surface area contributed by atoms with E-state index in [9.17, 15) is 10.2 Å². The first-order valence-corrected chi connectivity index (χ1v) is 10.2. The van der Waals surface area contributed by atoms with Crippen LogP contribution in [0.5, 0.6) is 5.75 Å². The predicted molar refractivity (Wildman–Crippen MR) is 115 cm³/mol. The Kier molecular flexibility index (Phi) is 9.91. The van der Waals surface area contributed by atoms with E-state index in [0.29, 0.717) is 30.9 Å². The Bertz CT molecular complexity index is 735. The summed E-state index contributed by atoms with van der Waals surface area (Å²) in [5.74, 6) is 0.857. The largest absolute Gasteiger partial charge is 0.494 e. The van der Waals surface area contributed by atoms with Crippen LogP contribution in [0.15, 0.2) is 42.5 Å². The van der Waals surface area contributed by atoms with Crippen LogP contribution in [0, 0.1) is 0 Å². The van der Waals surface area contributed by atoms with Gasteiger partial charge in [-0.15, -0.1) is 0 Å². The maximum atomic E-state index is 10.0. The minimum Gasteiger partial charge on any atom is -0.494 e. The molecule has 1 unspecified atom stereocenters. The van der Waals surface area contributed by atoms with Crippen molar-refractivity contribution in [1.29, 1.82) is 0 Å². The molecule has 0 aromatic heterocycles. The Hall–Kier alpha value is -1.63. The van der Waals surface area contributed by atoms with Gasteiger partial charge in [0.2, 0.25) is 0 Å². The summed E-state index contributed by atoms with van der Waals surface area (Å²) in [6.45, 7) is 2.53. The van der Waals surface area contributed by atoms with E-state index in [1.807, 2.05) is 49.4 Å². The Balaban J connectivity index is 0.000000941. The summed E-state index contributed by atoms with van der Waals surface area (Å²) < 4.78 is 15.6. The number of halogens is 1. The van der Waals surface area contributed by atoms with E-state index < -0.39 is 6.10 Å². The van der Waals surface area contributed by atoms with Crippen molar-refractivity contribution in [2.24, 2.45) is 0 Å². The molecule has 1 saturated heterocycles. The Morgan fingerprint density at radius 2 is 1.79 bits per heavy atom. The molecule has 0 radical (unpaired) electrons. The molecule has 0 spiro atoms. The average molecular weight is 423 g/mol. The summed E-state index contributed by atoms with van der Waals surface area (Å²) in [5, 5.41) is 20.1. The van der Waals surface area contributed by atoms with Crippen molar-refractivity contribution in [3.05, 3.63) is 64.2 Å². The van der Waals surface area contributed by atoms with Gasteiger partial charge >= 0.3 is 0 Å². The highest BCUT2D eigenvalue weighted by atomic mass is 35.5. The van der Waals surface area contributed by atoms with Gasteiger partial charge in [0.05, 0.1) is 31.5 Å². The number of methoxy groups -OCH3 is 1. The van der Waals surface area contributed by atoms with Crippen molar-refractivity contribution in [3.8, 4) is 5.75 Å². The van der Waals surface area contributed by atoms with Crippen LogP contribution in [0.25, 0.3) is 0 Å². The molecular formula is C23H31ClO5. The van der Waals surface area contributed by atoms with Crippen LogP contribution in [0.3, 0.4) is 0 Å². The highest BCUT2D eigenvalue weighted by Crippen LogP contribution is 2.33. The second kappa shape index (κ2) is 12.2. The molecule has 2 N–H and O–H groups in total. The van der Waals surface area contributed by atoms with Crippen LogP contribution < -0.4 is 4.74 Å². The zero-order valence-electron chi connectivity index (χ0n) is 17.3. The van der Waals surface area contributed by atoms with E-state index >= 15 is 0 Å². The van der Waals surface area contributed by atoms with Gasteiger partial charge in [-0.2, -0.15) is 0 Å². The minimum absolute atomic E-state index is 0.0831. The third-order valence-corrected chi connectivity index (χ3v) is 5.02. The smallest absolute Gasteiger partial charge is 0.119 e. The summed E-state index contributed by atoms with van der Waals surface area (Å²) in [6, 6.07) is 13.8. The van der Waals surface area contributed by atoms with Crippen LogP contribution in [-0.2, 0) is 15.9 Å². The third kappa shape index (κ3) is 7.28. The monoisotopic (exact) mass is 422 g/mol. The first-order valence-electron chi connectivity index (χ1n) is 9.85. The number of hydrogen-bond donors (Lipinski definition) is 2. The van der Waals surface area contributed by atoms with Gasteiger partial charge in [-0.05, 0) is 48.2 Å². The van der Waals surface area contributed by atoms with Gasteiger partial charge in [0, 0.05) is 32.1 Å². The van der Waals surface area contributed by atoms with Crippen molar-refractivity contribution in [3.63, 3.8) is 0 Å². The number of benzene rings is 2. The van der Waals surface area contributed by atoms with Gasteiger partial charge in [-0.1, -0.05) is 35.9 Å². The summed E-state index contributed by atoms with van der Waals surface area (Å²) in [4.78, 5) is 0. The second-order valence-electron chi connectivity index (χ2n) is 7.07. The number of ether oxygens (including phenoxy) is 3. The maximum Gasteiger partial charge on any atom is 0.119 e. The van der Waals surface area contributed by atoms with Crippen LogP contribution >= 0.6 is 11.6 Å². The molecule has 1 aliphatic heterocycles. The lowest BCUT2D eigenvalue weighted by Crippen LogP contribution is -2.33. The van der Waals surface area contributed by atoms with Gasteiger partial charge in [-0.25, -0.2) is 0 Å². The maximum absolute atomic E-state index is 10.0. The quantitative estimate of drug-likeness (QED) is 0.731. The van der Waals surface area contributed by atoms with Crippen molar-refractivity contribution in [1.82, 2.24) is 0 Å². The summed E-state index contributed by atoms with van der Waals surface area (Å²) >= 11 is 6.40.